The lowest BCUT2D eigenvalue weighted by atomic mass is 9.75. The van der Waals surface area contributed by atoms with Crippen LogP contribution in [0.15, 0.2) is 60.7 Å². The smallest absolute Gasteiger partial charge is 0.174 e. The Morgan fingerprint density at radius 3 is 2.45 bits per heavy atom. The van der Waals surface area contributed by atoms with Crippen molar-refractivity contribution in [1.82, 2.24) is 4.90 Å². The summed E-state index contributed by atoms with van der Waals surface area (Å²) < 4.78 is 0. The Kier molecular flexibility index (Phi) is 6.25. The van der Waals surface area contributed by atoms with Crippen LogP contribution in [-0.4, -0.2) is 43.4 Å². The lowest BCUT2D eigenvalue weighted by molar-refractivity contribution is 0.0886. The maximum absolute atomic E-state index is 13.4. The Labute approximate surface area is 198 Å². The fourth-order valence-corrected chi connectivity index (χ4v) is 6.17. The number of benzene rings is 3. The molecular weight excluding hydrogens is 404 g/mol. The zero-order valence-corrected chi connectivity index (χ0v) is 20.1. The van der Waals surface area contributed by atoms with E-state index in [0.29, 0.717) is 5.78 Å². The first kappa shape index (κ1) is 22.2. The standard InChI is InChI=1S/C30H36N2O/c1-3-30(4-2)26-16-17-27(24-14-8-15-25(28(24)26)29(30)33)32-20-10-19-31(21-22-32)18-9-13-23-11-6-5-7-12-23/h5-8,11-12,14-17H,3-4,9-10,13,18-22H2,1-2H3. The number of nitrogens with zero attached hydrogens (tertiary/aromatic N) is 2. The molecule has 3 aromatic rings. The summed E-state index contributed by atoms with van der Waals surface area (Å²) in [5.41, 5.74) is 4.59. The van der Waals surface area contributed by atoms with Crippen LogP contribution >= 0.6 is 0 Å². The van der Waals surface area contributed by atoms with E-state index in [0.717, 1.165) is 51.0 Å². The van der Waals surface area contributed by atoms with Gasteiger partial charge in [-0.25, -0.2) is 0 Å². The molecule has 1 aliphatic heterocycles. The van der Waals surface area contributed by atoms with Crippen LogP contribution in [0.1, 0.15) is 61.0 Å². The molecule has 1 heterocycles. The van der Waals surface area contributed by atoms with Gasteiger partial charge in [-0.05, 0) is 67.8 Å². The minimum Gasteiger partial charge on any atom is -0.370 e. The zero-order chi connectivity index (χ0) is 22.8. The van der Waals surface area contributed by atoms with Gasteiger partial charge in [0.05, 0.1) is 5.41 Å². The second-order valence-electron chi connectivity index (χ2n) is 9.75. The number of carbonyl (C=O) groups is 1. The van der Waals surface area contributed by atoms with Gasteiger partial charge in [0.15, 0.2) is 5.78 Å². The van der Waals surface area contributed by atoms with E-state index < -0.39 is 0 Å². The first-order valence-corrected chi connectivity index (χ1v) is 12.8. The van der Waals surface area contributed by atoms with E-state index in [4.69, 9.17) is 0 Å². The molecule has 1 fully saturated rings. The van der Waals surface area contributed by atoms with Crippen LogP contribution in [0.4, 0.5) is 5.69 Å². The minimum atomic E-state index is -0.338. The fourth-order valence-electron chi connectivity index (χ4n) is 6.17. The molecule has 1 aliphatic carbocycles. The number of hydrogen-bond acceptors (Lipinski definition) is 3. The Balaban J connectivity index is 1.34. The second-order valence-corrected chi connectivity index (χ2v) is 9.75. The predicted octanol–water partition coefficient (Wildman–Crippen LogP) is 6.24. The van der Waals surface area contributed by atoms with Crippen molar-refractivity contribution in [3.05, 3.63) is 77.4 Å². The van der Waals surface area contributed by atoms with Gasteiger partial charge in [-0.15, -0.1) is 0 Å². The SMILES string of the molecule is CCC1(CC)C(=O)c2cccc3c(N4CCCN(CCCc5ccccc5)CC4)ccc1c23. The third-order valence-electron chi connectivity index (χ3n) is 8.13. The van der Waals surface area contributed by atoms with Crippen LogP contribution in [0, 0.1) is 0 Å². The number of hydrogen-bond donors (Lipinski definition) is 0. The molecule has 3 aromatic carbocycles. The predicted molar refractivity (Wildman–Crippen MR) is 139 cm³/mol. The van der Waals surface area contributed by atoms with Crippen molar-refractivity contribution in [2.45, 2.75) is 51.4 Å². The summed E-state index contributed by atoms with van der Waals surface area (Å²) in [7, 11) is 0. The van der Waals surface area contributed by atoms with Crippen molar-refractivity contribution in [2.75, 3.05) is 37.6 Å². The van der Waals surface area contributed by atoms with Gasteiger partial charge in [0.2, 0.25) is 0 Å². The maximum atomic E-state index is 13.4. The van der Waals surface area contributed by atoms with Gasteiger partial charge in [-0.3, -0.25) is 4.79 Å². The molecule has 1 saturated heterocycles. The average Bonchev–Trinajstić information content (AvgIpc) is 2.98. The van der Waals surface area contributed by atoms with Crippen molar-refractivity contribution in [1.29, 1.82) is 0 Å². The summed E-state index contributed by atoms with van der Waals surface area (Å²) in [5.74, 6) is 0.325. The Hall–Kier alpha value is -2.65. The van der Waals surface area contributed by atoms with Crippen LogP contribution in [-0.2, 0) is 11.8 Å². The lowest BCUT2D eigenvalue weighted by Crippen LogP contribution is -2.32. The molecular formula is C30H36N2O. The zero-order valence-electron chi connectivity index (χ0n) is 20.1. The Bertz CT molecular complexity index is 1130. The van der Waals surface area contributed by atoms with E-state index in [9.17, 15) is 4.79 Å². The summed E-state index contributed by atoms with van der Waals surface area (Å²) in [6, 6.07) is 21.7. The van der Waals surface area contributed by atoms with Crippen LogP contribution in [0.25, 0.3) is 10.8 Å². The first-order valence-electron chi connectivity index (χ1n) is 12.8. The molecule has 0 saturated carbocycles. The second kappa shape index (κ2) is 9.30. The molecule has 33 heavy (non-hydrogen) atoms. The third-order valence-corrected chi connectivity index (χ3v) is 8.13. The normalized spacial score (nSPS) is 18.1. The van der Waals surface area contributed by atoms with Crippen molar-refractivity contribution in [3.63, 3.8) is 0 Å². The summed E-state index contributed by atoms with van der Waals surface area (Å²) in [6.07, 6.45) is 5.28. The van der Waals surface area contributed by atoms with E-state index in [1.54, 1.807) is 0 Å². The molecule has 3 nitrogen and oxygen atoms in total. The average molecular weight is 441 g/mol. The molecule has 0 unspecified atom stereocenters. The molecule has 0 atom stereocenters. The summed E-state index contributed by atoms with van der Waals surface area (Å²) >= 11 is 0. The van der Waals surface area contributed by atoms with Gasteiger partial charge in [0.25, 0.3) is 0 Å². The third kappa shape index (κ3) is 3.87. The molecule has 0 spiro atoms. The fraction of sp³-hybridized carbons (Fsp3) is 0.433. The van der Waals surface area contributed by atoms with E-state index in [1.165, 1.54) is 47.0 Å². The maximum Gasteiger partial charge on any atom is 0.174 e. The van der Waals surface area contributed by atoms with Gasteiger partial charge in [0.1, 0.15) is 0 Å². The van der Waals surface area contributed by atoms with Crippen LogP contribution in [0.5, 0.6) is 0 Å². The molecule has 0 N–H and O–H groups in total. The summed E-state index contributed by atoms with van der Waals surface area (Å²) in [6.45, 7) is 9.88. The molecule has 3 heteroatoms. The van der Waals surface area contributed by atoms with E-state index >= 15 is 0 Å². The van der Waals surface area contributed by atoms with Gasteiger partial charge in [0, 0.05) is 36.3 Å². The minimum absolute atomic E-state index is 0.325. The van der Waals surface area contributed by atoms with E-state index in [1.807, 2.05) is 6.07 Å². The highest BCUT2D eigenvalue weighted by Gasteiger charge is 2.44. The van der Waals surface area contributed by atoms with Gasteiger partial charge in [-0.1, -0.05) is 68.4 Å². The summed E-state index contributed by atoms with van der Waals surface area (Å²) in [5, 5.41) is 2.48. The molecule has 0 aromatic heterocycles. The molecule has 5 rings (SSSR count). The van der Waals surface area contributed by atoms with Crippen molar-refractivity contribution in [2.24, 2.45) is 0 Å². The summed E-state index contributed by atoms with van der Waals surface area (Å²) in [4.78, 5) is 18.6. The number of anilines is 1. The quantitative estimate of drug-likeness (QED) is 0.434. The number of carbonyl (C=O) groups excluding carboxylic acids is 1. The highest BCUT2D eigenvalue weighted by atomic mass is 16.1. The number of aryl methyl sites for hydroxylation is 1. The highest BCUT2D eigenvalue weighted by molar-refractivity contribution is 6.22. The van der Waals surface area contributed by atoms with Crippen LogP contribution < -0.4 is 4.90 Å². The Morgan fingerprint density at radius 2 is 1.67 bits per heavy atom. The van der Waals surface area contributed by atoms with E-state index in [-0.39, 0.29) is 5.41 Å². The number of Topliss-reactive ketones (excluding diaryl/α,β-unsaturated/α-hetero) is 1. The molecule has 2 aliphatic rings. The molecule has 0 amide bonds. The lowest BCUT2D eigenvalue weighted by Gasteiger charge is -2.28. The highest BCUT2D eigenvalue weighted by Crippen LogP contribution is 2.48. The van der Waals surface area contributed by atoms with Gasteiger partial charge >= 0.3 is 0 Å². The van der Waals surface area contributed by atoms with Gasteiger partial charge in [-0.2, -0.15) is 0 Å². The van der Waals surface area contributed by atoms with Crippen LogP contribution in [0.2, 0.25) is 0 Å². The molecule has 0 bridgehead atoms. The molecule has 172 valence electrons. The first-order chi connectivity index (χ1) is 16.2. The topological polar surface area (TPSA) is 23.6 Å². The number of rotatable bonds is 7. The number of ketones is 1. The largest absolute Gasteiger partial charge is 0.370 e. The van der Waals surface area contributed by atoms with Gasteiger partial charge < -0.3 is 9.80 Å². The monoisotopic (exact) mass is 440 g/mol. The van der Waals surface area contributed by atoms with Crippen molar-refractivity contribution < 1.29 is 4.79 Å². The van der Waals surface area contributed by atoms with Crippen molar-refractivity contribution >= 4 is 22.2 Å². The van der Waals surface area contributed by atoms with E-state index in [2.05, 4.69) is 78.2 Å². The van der Waals surface area contributed by atoms with Crippen molar-refractivity contribution in [3.8, 4) is 0 Å². The molecule has 0 radical (unpaired) electrons. The Morgan fingerprint density at radius 1 is 0.848 bits per heavy atom. The van der Waals surface area contributed by atoms with Crippen LogP contribution in [0.3, 0.4) is 0 Å².